The number of nitrogens with zero attached hydrogens (tertiary/aromatic N) is 6. The SMILES string of the molecule is Cc1cc(Nc2ccc(N3CCCC3)nc2)n2ncnc2n1. The van der Waals surface area contributed by atoms with Crippen molar-refractivity contribution in [1.82, 2.24) is 24.6 Å². The van der Waals surface area contributed by atoms with Crippen molar-refractivity contribution in [3.8, 4) is 0 Å². The molecule has 3 aromatic heterocycles. The molecule has 1 fully saturated rings. The molecule has 4 heterocycles. The van der Waals surface area contributed by atoms with Crippen LogP contribution < -0.4 is 10.2 Å². The minimum absolute atomic E-state index is 0.587. The Labute approximate surface area is 128 Å². The number of rotatable bonds is 3. The molecule has 0 atom stereocenters. The number of anilines is 3. The maximum atomic E-state index is 4.55. The molecule has 1 N–H and O–H groups in total. The fraction of sp³-hybridized carbons (Fsp3) is 0.333. The number of pyridine rings is 1. The Morgan fingerprint density at radius 1 is 1.14 bits per heavy atom. The van der Waals surface area contributed by atoms with E-state index in [9.17, 15) is 0 Å². The lowest BCUT2D eigenvalue weighted by Crippen LogP contribution is -2.18. The Balaban J connectivity index is 1.60. The Hall–Kier alpha value is -2.70. The smallest absolute Gasteiger partial charge is 0.254 e. The molecule has 1 aliphatic heterocycles. The maximum Gasteiger partial charge on any atom is 0.254 e. The molecule has 0 unspecified atom stereocenters. The number of hydrogen-bond donors (Lipinski definition) is 1. The van der Waals surface area contributed by atoms with Gasteiger partial charge in [-0.15, -0.1) is 0 Å². The van der Waals surface area contributed by atoms with Crippen molar-refractivity contribution in [3.63, 3.8) is 0 Å². The summed E-state index contributed by atoms with van der Waals surface area (Å²) in [5, 5.41) is 7.52. The van der Waals surface area contributed by atoms with Gasteiger partial charge in [-0.25, -0.2) is 9.97 Å². The summed E-state index contributed by atoms with van der Waals surface area (Å²) in [6.07, 6.45) is 5.86. The lowest BCUT2D eigenvalue weighted by atomic mass is 10.3. The van der Waals surface area contributed by atoms with Gasteiger partial charge in [0.2, 0.25) is 0 Å². The highest BCUT2D eigenvalue weighted by Gasteiger charge is 2.13. The zero-order valence-electron chi connectivity index (χ0n) is 12.4. The molecule has 0 aliphatic carbocycles. The summed E-state index contributed by atoms with van der Waals surface area (Å²) in [6, 6.07) is 6.04. The Morgan fingerprint density at radius 3 is 2.77 bits per heavy atom. The van der Waals surface area contributed by atoms with Crippen LogP contribution >= 0.6 is 0 Å². The van der Waals surface area contributed by atoms with Crippen LogP contribution in [-0.2, 0) is 0 Å². The van der Waals surface area contributed by atoms with E-state index in [-0.39, 0.29) is 0 Å². The van der Waals surface area contributed by atoms with Crippen molar-refractivity contribution >= 4 is 23.1 Å². The van der Waals surface area contributed by atoms with Gasteiger partial charge < -0.3 is 10.2 Å². The van der Waals surface area contributed by atoms with Gasteiger partial charge in [0, 0.05) is 24.8 Å². The first-order valence-corrected chi connectivity index (χ1v) is 7.45. The van der Waals surface area contributed by atoms with Crippen LogP contribution in [0.25, 0.3) is 5.78 Å². The molecular formula is C15H17N7. The Bertz CT molecular complexity index is 787. The standard InChI is InChI=1S/C15H17N7/c1-11-8-14(22-15(19-11)17-10-18-22)20-12-4-5-13(16-9-12)21-6-2-3-7-21/h4-5,8-10,20H,2-3,6-7H2,1H3. The second-order valence-corrected chi connectivity index (χ2v) is 5.48. The number of aromatic nitrogens is 5. The van der Waals surface area contributed by atoms with Crippen molar-refractivity contribution in [1.29, 1.82) is 0 Å². The highest BCUT2D eigenvalue weighted by Crippen LogP contribution is 2.21. The highest BCUT2D eigenvalue weighted by atomic mass is 15.4. The molecule has 1 saturated heterocycles. The molecule has 4 rings (SSSR count). The lowest BCUT2D eigenvalue weighted by molar-refractivity contribution is 0.931. The van der Waals surface area contributed by atoms with Gasteiger partial charge >= 0.3 is 0 Å². The zero-order chi connectivity index (χ0) is 14.9. The van der Waals surface area contributed by atoms with Crippen molar-refractivity contribution in [2.75, 3.05) is 23.3 Å². The van der Waals surface area contributed by atoms with E-state index in [4.69, 9.17) is 0 Å². The van der Waals surface area contributed by atoms with E-state index in [2.05, 4.69) is 36.3 Å². The van der Waals surface area contributed by atoms with Crippen LogP contribution in [0.2, 0.25) is 0 Å². The molecule has 3 aromatic rings. The van der Waals surface area contributed by atoms with Crippen LogP contribution in [0.4, 0.5) is 17.3 Å². The monoisotopic (exact) mass is 295 g/mol. The van der Waals surface area contributed by atoms with Crippen molar-refractivity contribution in [2.24, 2.45) is 0 Å². The van der Waals surface area contributed by atoms with E-state index in [1.54, 1.807) is 4.52 Å². The molecule has 22 heavy (non-hydrogen) atoms. The summed E-state index contributed by atoms with van der Waals surface area (Å²) < 4.78 is 1.68. The van der Waals surface area contributed by atoms with Gasteiger partial charge in [0.25, 0.3) is 5.78 Å². The molecule has 0 amide bonds. The molecule has 0 radical (unpaired) electrons. The molecule has 7 heteroatoms. The zero-order valence-corrected chi connectivity index (χ0v) is 12.4. The molecule has 0 bridgehead atoms. The summed E-state index contributed by atoms with van der Waals surface area (Å²) in [5.74, 6) is 2.46. The Kier molecular flexibility index (Phi) is 3.10. The van der Waals surface area contributed by atoms with Gasteiger partial charge in [0.1, 0.15) is 18.0 Å². The minimum Gasteiger partial charge on any atom is -0.357 e. The average molecular weight is 295 g/mol. The van der Waals surface area contributed by atoms with E-state index in [1.807, 2.05) is 25.3 Å². The Morgan fingerprint density at radius 2 is 2.00 bits per heavy atom. The third kappa shape index (κ3) is 2.34. The van der Waals surface area contributed by atoms with Gasteiger partial charge in [0.05, 0.1) is 11.9 Å². The van der Waals surface area contributed by atoms with Crippen LogP contribution in [0.1, 0.15) is 18.5 Å². The summed E-state index contributed by atoms with van der Waals surface area (Å²) >= 11 is 0. The van der Waals surface area contributed by atoms with Gasteiger partial charge in [-0.2, -0.15) is 14.6 Å². The number of aryl methyl sites for hydroxylation is 1. The first-order chi connectivity index (χ1) is 10.8. The first-order valence-electron chi connectivity index (χ1n) is 7.45. The quantitative estimate of drug-likeness (QED) is 0.798. The van der Waals surface area contributed by atoms with E-state index >= 15 is 0 Å². The van der Waals surface area contributed by atoms with Crippen LogP contribution in [0.15, 0.2) is 30.7 Å². The third-order valence-corrected chi connectivity index (χ3v) is 3.83. The van der Waals surface area contributed by atoms with E-state index < -0.39 is 0 Å². The fourth-order valence-electron chi connectivity index (χ4n) is 2.76. The molecule has 0 aromatic carbocycles. The maximum absolute atomic E-state index is 4.55. The van der Waals surface area contributed by atoms with Crippen molar-refractivity contribution < 1.29 is 0 Å². The topological polar surface area (TPSA) is 71.2 Å². The molecule has 1 aliphatic rings. The lowest BCUT2D eigenvalue weighted by Gasteiger charge is -2.16. The normalized spacial score (nSPS) is 14.7. The third-order valence-electron chi connectivity index (χ3n) is 3.83. The summed E-state index contributed by atoms with van der Waals surface area (Å²) in [5.41, 5.74) is 1.81. The van der Waals surface area contributed by atoms with Crippen LogP contribution in [0, 0.1) is 6.92 Å². The molecule has 112 valence electrons. The van der Waals surface area contributed by atoms with Crippen LogP contribution in [0.5, 0.6) is 0 Å². The summed E-state index contributed by atoms with van der Waals surface area (Å²) in [7, 11) is 0. The van der Waals surface area contributed by atoms with Crippen LogP contribution in [0.3, 0.4) is 0 Å². The largest absolute Gasteiger partial charge is 0.357 e. The molecular weight excluding hydrogens is 278 g/mol. The van der Waals surface area contributed by atoms with Crippen molar-refractivity contribution in [3.05, 3.63) is 36.4 Å². The second-order valence-electron chi connectivity index (χ2n) is 5.48. The minimum atomic E-state index is 0.587. The highest BCUT2D eigenvalue weighted by molar-refractivity contribution is 5.59. The predicted molar refractivity (Wildman–Crippen MR) is 84.5 cm³/mol. The molecule has 7 nitrogen and oxygen atoms in total. The van der Waals surface area contributed by atoms with Gasteiger partial charge in [-0.3, -0.25) is 0 Å². The summed E-state index contributed by atoms with van der Waals surface area (Å²) in [6.45, 7) is 4.14. The van der Waals surface area contributed by atoms with Gasteiger partial charge in [-0.05, 0) is 31.9 Å². The first kappa shape index (κ1) is 13.0. The van der Waals surface area contributed by atoms with E-state index in [0.29, 0.717) is 5.78 Å². The van der Waals surface area contributed by atoms with Gasteiger partial charge in [-0.1, -0.05) is 0 Å². The molecule has 0 spiro atoms. The van der Waals surface area contributed by atoms with E-state index in [0.717, 1.165) is 36.1 Å². The van der Waals surface area contributed by atoms with Crippen LogP contribution in [-0.4, -0.2) is 37.7 Å². The number of nitrogens with one attached hydrogen (secondary N) is 1. The number of fused-ring (bicyclic) bond motifs is 1. The number of hydrogen-bond acceptors (Lipinski definition) is 6. The summed E-state index contributed by atoms with van der Waals surface area (Å²) in [4.78, 5) is 15.3. The van der Waals surface area contributed by atoms with Crippen molar-refractivity contribution in [2.45, 2.75) is 19.8 Å². The average Bonchev–Trinajstić information content (AvgIpc) is 3.18. The van der Waals surface area contributed by atoms with Gasteiger partial charge in [0.15, 0.2) is 0 Å². The second kappa shape index (κ2) is 5.25. The van der Waals surface area contributed by atoms with E-state index in [1.165, 1.54) is 19.2 Å². The molecule has 0 saturated carbocycles. The fourth-order valence-corrected chi connectivity index (χ4v) is 2.76. The predicted octanol–water partition coefficient (Wildman–Crippen LogP) is 2.17.